The Morgan fingerprint density at radius 3 is 2.38 bits per heavy atom. The molecule has 0 fully saturated rings. The third-order valence-corrected chi connectivity index (χ3v) is 3.18. The zero-order valence-electron chi connectivity index (χ0n) is 8.66. The molecule has 0 amide bonds. The quantitative estimate of drug-likeness (QED) is 0.655. The Hall–Kier alpha value is -1.19. The number of rotatable bonds is 2. The van der Waals surface area contributed by atoms with Crippen LogP contribution < -0.4 is 5.56 Å². The molecule has 0 aliphatic heterocycles. The summed E-state index contributed by atoms with van der Waals surface area (Å²) >= 11 is 7.48. The van der Waals surface area contributed by atoms with Gasteiger partial charge in [-0.05, 0) is 35.6 Å². The van der Waals surface area contributed by atoms with Crippen molar-refractivity contribution in [2.45, 2.75) is 4.90 Å². The Morgan fingerprint density at radius 2 is 1.81 bits per heavy atom. The predicted molar refractivity (Wildman–Crippen MR) is 69.3 cm³/mol. The van der Waals surface area contributed by atoms with E-state index in [0.29, 0.717) is 5.15 Å². The van der Waals surface area contributed by atoms with Crippen molar-refractivity contribution in [3.8, 4) is 11.1 Å². The lowest BCUT2D eigenvalue weighted by atomic mass is 10.1. The van der Waals surface area contributed by atoms with Gasteiger partial charge in [-0.3, -0.25) is 4.79 Å². The summed E-state index contributed by atoms with van der Waals surface area (Å²) in [7, 11) is 0. The van der Waals surface area contributed by atoms with Crippen molar-refractivity contribution in [1.29, 1.82) is 0 Å². The monoisotopic (exact) mass is 251 g/mol. The van der Waals surface area contributed by atoms with Gasteiger partial charge in [-0.2, -0.15) is 0 Å². The Balaban J connectivity index is 2.46. The molecule has 0 saturated heterocycles. The van der Waals surface area contributed by atoms with Gasteiger partial charge in [-0.15, -0.1) is 11.8 Å². The number of benzene rings is 1. The minimum absolute atomic E-state index is 0.184. The van der Waals surface area contributed by atoms with Crippen molar-refractivity contribution >= 4 is 23.4 Å². The molecule has 4 heteroatoms. The lowest BCUT2D eigenvalue weighted by Gasteiger charge is -2.02. The maximum atomic E-state index is 11.3. The number of pyridine rings is 1. The molecule has 0 radical (unpaired) electrons. The summed E-state index contributed by atoms with van der Waals surface area (Å²) in [4.78, 5) is 15.0. The smallest absolute Gasteiger partial charge is 0.249 e. The number of nitrogens with one attached hydrogen (secondary N) is 1. The molecular weight excluding hydrogens is 242 g/mol. The van der Waals surface area contributed by atoms with Crippen molar-refractivity contribution < 1.29 is 0 Å². The molecule has 0 bridgehead atoms. The topological polar surface area (TPSA) is 32.9 Å². The van der Waals surface area contributed by atoms with Crippen molar-refractivity contribution in [3.63, 3.8) is 0 Å². The van der Waals surface area contributed by atoms with Gasteiger partial charge in [-0.25, -0.2) is 0 Å². The molecule has 1 aromatic carbocycles. The minimum Gasteiger partial charge on any atom is -0.313 e. The molecule has 0 atom stereocenters. The lowest BCUT2D eigenvalue weighted by molar-refractivity contribution is 1.24. The van der Waals surface area contributed by atoms with E-state index >= 15 is 0 Å². The number of hydrogen-bond donors (Lipinski definition) is 1. The van der Waals surface area contributed by atoms with Crippen LogP contribution in [0.15, 0.2) is 46.1 Å². The van der Waals surface area contributed by atoms with Crippen LogP contribution >= 0.6 is 23.4 Å². The first-order valence-corrected chi connectivity index (χ1v) is 6.33. The van der Waals surface area contributed by atoms with Gasteiger partial charge in [0.1, 0.15) is 5.15 Å². The van der Waals surface area contributed by atoms with Gasteiger partial charge in [-0.1, -0.05) is 23.7 Å². The first-order valence-electron chi connectivity index (χ1n) is 4.73. The third kappa shape index (κ3) is 2.49. The molecule has 82 valence electrons. The Bertz CT molecular complexity index is 548. The molecule has 1 aromatic heterocycles. The van der Waals surface area contributed by atoms with Gasteiger partial charge >= 0.3 is 0 Å². The molecule has 0 spiro atoms. The van der Waals surface area contributed by atoms with Crippen LogP contribution in [-0.2, 0) is 0 Å². The molecule has 2 aromatic rings. The number of H-pyrrole nitrogens is 1. The summed E-state index contributed by atoms with van der Waals surface area (Å²) < 4.78 is 0. The van der Waals surface area contributed by atoms with E-state index in [0.717, 1.165) is 11.1 Å². The van der Waals surface area contributed by atoms with E-state index in [1.807, 2.05) is 30.5 Å². The normalized spacial score (nSPS) is 10.4. The molecule has 0 aliphatic rings. The second kappa shape index (κ2) is 4.76. The van der Waals surface area contributed by atoms with Crippen LogP contribution in [0.3, 0.4) is 0 Å². The maximum absolute atomic E-state index is 11.3. The van der Waals surface area contributed by atoms with E-state index in [1.165, 1.54) is 4.90 Å². The zero-order valence-corrected chi connectivity index (χ0v) is 10.2. The first-order chi connectivity index (χ1) is 7.69. The van der Waals surface area contributed by atoms with E-state index in [1.54, 1.807) is 23.9 Å². The number of aromatic amines is 1. The van der Waals surface area contributed by atoms with E-state index in [4.69, 9.17) is 11.6 Å². The molecule has 2 rings (SSSR count). The highest BCUT2D eigenvalue weighted by atomic mass is 35.5. The summed E-state index contributed by atoms with van der Waals surface area (Å²) in [5.41, 5.74) is 1.64. The highest BCUT2D eigenvalue weighted by molar-refractivity contribution is 7.98. The van der Waals surface area contributed by atoms with Crippen LogP contribution in [0.25, 0.3) is 11.1 Å². The van der Waals surface area contributed by atoms with Crippen LogP contribution in [-0.4, -0.2) is 11.2 Å². The van der Waals surface area contributed by atoms with Gasteiger partial charge in [0, 0.05) is 11.0 Å². The second-order valence-corrected chi connectivity index (χ2v) is 4.60. The SMILES string of the molecule is CSc1ccc(-c2cc(Cl)[nH]c(=O)c2)cc1. The van der Waals surface area contributed by atoms with Crippen LogP contribution in [0.2, 0.25) is 5.15 Å². The summed E-state index contributed by atoms with van der Waals surface area (Å²) in [5, 5.41) is 0.358. The average Bonchev–Trinajstić information content (AvgIpc) is 2.28. The minimum atomic E-state index is -0.184. The maximum Gasteiger partial charge on any atom is 0.249 e. The fraction of sp³-hybridized carbons (Fsp3) is 0.0833. The van der Waals surface area contributed by atoms with E-state index < -0.39 is 0 Å². The second-order valence-electron chi connectivity index (χ2n) is 3.31. The summed E-state index contributed by atoms with van der Waals surface area (Å²) in [6, 6.07) is 11.3. The van der Waals surface area contributed by atoms with E-state index in [9.17, 15) is 4.79 Å². The standard InChI is InChI=1S/C12H10ClNOS/c1-16-10-4-2-8(3-5-10)9-6-11(13)14-12(15)7-9/h2-7H,1H3,(H,14,15). The van der Waals surface area contributed by atoms with Crippen molar-refractivity contribution in [1.82, 2.24) is 4.98 Å². The van der Waals surface area contributed by atoms with Crippen LogP contribution in [0.4, 0.5) is 0 Å². The van der Waals surface area contributed by atoms with Crippen molar-refractivity contribution in [3.05, 3.63) is 51.9 Å². The highest BCUT2D eigenvalue weighted by Gasteiger charge is 2.00. The molecule has 0 saturated carbocycles. The molecule has 1 heterocycles. The molecule has 0 unspecified atom stereocenters. The fourth-order valence-electron chi connectivity index (χ4n) is 1.46. The Labute approximate surface area is 103 Å². The Kier molecular flexibility index (Phi) is 3.36. The zero-order chi connectivity index (χ0) is 11.5. The molecule has 1 N–H and O–H groups in total. The number of aromatic nitrogens is 1. The van der Waals surface area contributed by atoms with Crippen molar-refractivity contribution in [2.75, 3.05) is 6.26 Å². The Morgan fingerprint density at radius 1 is 1.12 bits per heavy atom. The first kappa shape index (κ1) is 11.3. The van der Waals surface area contributed by atoms with E-state index in [-0.39, 0.29) is 5.56 Å². The van der Waals surface area contributed by atoms with Crippen LogP contribution in [0.1, 0.15) is 0 Å². The lowest BCUT2D eigenvalue weighted by Crippen LogP contribution is -2.03. The number of thioether (sulfide) groups is 1. The van der Waals surface area contributed by atoms with Gasteiger partial charge in [0.25, 0.3) is 0 Å². The van der Waals surface area contributed by atoms with Crippen LogP contribution in [0.5, 0.6) is 0 Å². The summed E-state index contributed by atoms with van der Waals surface area (Å²) in [6.45, 7) is 0. The average molecular weight is 252 g/mol. The van der Waals surface area contributed by atoms with Gasteiger partial charge in [0.2, 0.25) is 5.56 Å². The molecular formula is C12H10ClNOS. The van der Waals surface area contributed by atoms with Gasteiger partial charge in [0.15, 0.2) is 0 Å². The van der Waals surface area contributed by atoms with Crippen LogP contribution in [0, 0.1) is 0 Å². The summed E-state index contributed by atoms with van der Waals surface area (Å²) in [6.07, 6.45) is 2.03. The van der Waals surface area contributed by atoms with Gasteiger partial charge < -0.3 is 4.98 Å². The molecule has 16 heavy (non-hydrogen) atoms. The van der Waals surface area contributed by atoms with Crippen molar-refractivity contribution in [2.24, 2.45) is 0 Å². The summed E-state index contributed by atoms with van der Waals surface area (Å²) in [5.74, 6) is 0. The number of halogens is 1. The predicted octanol–water partition coefficient (Wildman–Crippen LogP) is 3.42. The molecule has 0 aliphatic carbocycles. The largest absolute Gasteiger partial charge is 0.313 e. The number of hydrogen-bond acceptors (Lipinski definition) is 2. The third-order valence-electron chi connectivity index (χ3n) is 2.23. The molecule has 2 nitrogen and oxygen atoms in total. The highest BCUT2D eigenvalue weighted by Crippen LogP contribution is 2.23. The fourth-order valence-corrected chi connectivity index (χ4v) is 2.08. The van der Waals surface area contributed by atoms with Gasteiger partial charge in [0.05, 0.1) is 0 Å². The van der Waals surface area contributed by atoms with E-state index in [2.05, 4.69) is 4.98 Å².